The second-order valence-corrected chi connectivity index (χ2v) is 3.84. The van der Waals surface area contributed by atoms with Gasteiger partial charge in [-0.05, 0) is 18.8 Å². The van der Waals surface area contributed by atoms with E-state index in [0.29, 0.717) is 5.92 Å². The van der Waals surface area contributed by atoms with Crippen molar-refractivity contribution in [2.24, 2.45) is 11.7 Å². The Balaban J connectivity index is 2.39. The van der Waals surface area contributed by atoms with E-state index in [-0.39, 0.29) is 10.7 Å². The third-order valence-electron chi connectivity index (χ3n) is 2.09. The molecule has 1 unspecified atom stereocenters. The van der Waals surface area contributed by atoms with Crippen molar-refractivity contribution in [3.8, 4) is 0 Å². The Kier molecular flexibility index (Phi) is 2.72. The number of rotatable bonds is 2. The molecule has 0 spiro atoms. The van der Waals surface area contributed by atoms with Crippen molar-refractivity contribution in [2.45, 2.75) is 30.5 Å². The molecule has 1 fully saturated rings. The molecule has 58 valence electrons. The second kappa shape index (κ2) is 3.37. The van der Waals surface area contributed by atoms with Gasteiger partial charge in [-0.15, -0.1) is 0 Å². The summed E-state index contributed by atoms with van der Waals surface area (Å²) in [7, 11) is 0. The monoisotopic (exact) mass is 205 g/mol. The minimum absolute atomic E-state index is 0.0880. The summed E-state index contributed by atoms with van der Waals surface area (Å²) in [4.78, 5) is 10.6. The van der Waals surface area contributed by atoms with Crippen LogP contribution in [0, 0.1) is 5.92 Å². The van der Waals surface area contributed by atoms with E-state index in [1.165, 1.54) is 12.8 Å². The minimum Gasteiger partial charge on any atom is -0.369 e. The Bertz CT molecular complexity index is 132. The number of carbonyl (C=O) groups is 1. The molecule has 3 heteroatoms. The first-order chi connectivity index (χ1) is 4.72. The van der Waals surface area contributed by atoms with Crippen LogP contribution in [-0.4, -0.2) is 10.7 Å². The van der Waals surface area contributed by atoms with Crippen LogP contribution in [0.15, 0.2) is 0 Å². The van der Waals surface area contributed by atoms with E-state index in [2.05, 4.69) is 15.9 Å². The fraction of sp³-hybridized carbons (Fsp3) is 0.857. The summed E-state index contributed by atoms with van der Waals surface area (Å²) in [6, 6.07) is 0. The molecular formula is C7H12BrNO. The normalized spacial score (nSPS) is 22.9. The van der Waals surface area contributed by atoms with Gasteiger partial charge in [0.05, 0.1) is 4.83 Å². The first-order valence-corrected chi connectivity index (χ1v) is 4.57. The third kappa shape index (κ3) is 1.72. The maximum absolute atomic E-state index is 10.7. The van der Waals surface area contributed by atoms with Crippen LogP contribution in [0.5, 0.6) is 0 Å². The summed E-state index contributed by atoms with van der Waals surface area (Å²) in [5.41, 5.74) is 5.13. The van der Waals surface area contributed by atoms with Gasteiger partial charge < -0.3 is 5.73 Å². The van der Waals surface area contributed by atoms with Gasteiger partial charge in [0.15, 0.2) is 0 Å². The number of hydrogen-bond acceptors (Lipinski definition) is 1. The molecular weight excluding hydrogens is 194 g/mol. The molecule has 1 aliphatic carbocycles. The number of carbonyl (C=O) groups excluding carboxylic acids is 1. The minimum atomic E-state index is -0.216. The fourth-order valence-electron chi connectivity index (χ4n) is 1.48. The zero-order valence-corrected chi connectivity index (χ0v) is 7.43. The maximum atomic E-state index is 10.7. The van der Waals surface area contributed by atoms with Gasteiger partial charge in [-0.1, -0.05) is 28.8 Å². The van der Waals surface area contributed by atoms with E-state index < -0.39 is 0 Å². The maximum Gasteiger partial charge on any atom is 0.231 e. The lowest BCUT2D eigenvalue weighted by Crippen LogP contribution is -2.28. The molecule has 2 nitrogen and oxygen atoms in total. The Morgan fingerprint density at radius 1 is 1.50 bits per heavy atom. The Hall–Kier alpha value is -0.0500. The predicted octanol–water partition coefficient (Wildman–Crippen LogP) is 1.43. The van der Waals surface area contributed by atoms with Gasteiger partial charge in [0.2, 0.25) is 5.91 Å². The molecule has 0 aromatic carbocycles. The highest BCUT2D eigenvalue weighted by Gasteiger charge is 2.26. The van der Waals surface area contributed by atoms with Gasteiger partial charge in [-0.3, -0.25) is 4.79 Å². The van der Waals surface area contributed by atoms with Crippen molar-refractivity contribution in [1.82, 2.24) is 0 Å². The molecule has 0 heterocycles. The highest BCUT2D eigenvalue weighted by atomic mass is 79.9. The van der Waals surface area contributed by atoms with Gasteiger partial charge in [0.25, 0.3) is 0 Å². The summed E-state index contributed by atoms with van der Waals surface area (Å²) in [5.74, 6) is 0.282. The second-order valence-electron chi connectivity index (χ2n) is 2.85. The number of hydrogen-bond donors (Lipinski definition) is 1. The van der Waals surface area contributed by atoms with Gasteiger partial charge in [-0.25, -0.2) is 0 Å². The van der Waals surface area contributed by atoms with Crippen LogP contribution in [0.4, 0.5) is 0 Å². The Morgan fingerprint density at radius 2 is 2.00 bits per heavy atom. The molecule has 1 aliphatic rings. The molecule has 0 radical (unpaired) electrons. The standard InChI is InChI=1S/C7H12BrNO/c8-6(7(9)10)5-3-1-2-4-5/h5-6H,1-4H2,(H2,9,10). The van der Waals surface area contributed by atoms with Crippen molar-refractivity contribution < 1.29 is 4.79 Å². The van der Waals surface area contributed by atoms with Crippen molar-refractivity contribution in [3.63, 3.8) is 0 Å². The lowest BCUT2D eigenvalue weighted by atomic mass is 10.0. The highest BCUT2D eigenvalue weighted by Crippen LogP contribution is 2.30. The Labute approximate surface area is 69.3 Å². The summed E-state index contributed by atoms with van der Waals surface area (Å²) >= 11 is 3.29. The summed E-state index contributed by atoms with van der Waals surface area (Å²) in [6.45, 7) is 0. The van der Waals surface area contributed by atoms with E-state index in [1.807, 2.05) is 0 Å². The molecule has 10 heavy (non-hydrogen) atoms. The van der Waals surface area contributed by atoms with Crippen molar-refractivity contribution in [1.29, 1.82) is 0 Å². The van der Waals surface area contributed by atoms with Crippen molar-refractivity contribution in [3.05, 3.63) is 0 Å². The number of halogens is 1. The van der Waals surface area contributed by atoms with E-state index in [9.17, 15) is 4.79 Å². The number of alkyl halides is 1. The molecule has 1 rings (SSSR count). The Morgan fingerprint density at radius 3 is 2.40 bits per heavy atom. The van der Waals surface area contributed by atoms with E-state index in [1.54, 1.807) is 0 Å². The number of nitrogens with two attached hydrogens (primary N) is 1. The fourth-order valence-corrected chi connectivity index (χ4v) is 2.01. The average molecular weight is 206 g/mol. The largest absolute Gasteiger partial charge is 0.369 e. The smallest absolute Gasteiger partial charge is 0.231 e. The van der Waals surface area contributed by atoms with Crippen LogP contribution in [0.1, 0.15) is 25.7 Å². The number of primary amides is 1. The van der Waals surface area contributed by atoms with Crippen molar-refractivity contribution in [2.75, 3.05) is 0 Å². The molecule has 2 N–H and O–H groups in total. The molecule has 0 saturated heterocycles. The van der Waals surface area contributed by atoms with Gasteiger partial charge in [-0.2, -0.15) is 0 Å². The van der Waals surface area contributed by atoms with Crippen LogP contribution in [0.2, 0.25) is 0 Å². The molecule has 0 aromatic rings. The third-order valence-corrected chi connectivity index (χ3v) is 3.28. The summed E-state index contributed by atoms with van der Waals surface area (Å²) in [6.07, 6.45) is 4.80. The zero-order chi connectivity index (χ0) is 7.56. The van der Waals surface area contributed by atoms with E-state index >= 15 is 0 Å². The quantitative estimate of drug-likeness (QED) is 0.682. The first-order valence-electron chi connectivity index (χ1n) is 3.65. The van der Waals surface area contributed by atoms with Crippen LogP contribution >= 0.6 is 15.9 Å². The molecule has 1 atom stereocenters. The van der Waals surface area contributed by atoms with Crippen LogP contribution in [0.25, 0.3) is 0 Å². The molecule has 1 saturated carbocycles. The summed E-state index contributed by atoms with van der Waals surface area (Å²) < 4.78 is 0. The van der Waals surface area contributed by atoms with Crippen LogP contribution < -0.4 is 5.73 Å². The van der Waals surface area contributed by atoms with E-state index in [0.717, 1.165) is 12.8 Å². The lowest BCUT2D eigenvalue weighted by molar-refractivity contribution is -0.118. The molecule has 0 bridgehead atoms. The SMILES string of the molecule is NC(=O)C(Br)C1CCCC1. The van der Waals surface area contributed by atoms with Gasteiger partial charge in [0, 0.05) is 0 Å². The predicted molar refractivity (Wildman–Crippen MR) is 43.9 cm³/mol. The average Bonchev–Trinajstić information content (AvgIpc) is 2.36. The van der Waals surface area contributed by atoms with Crippen LogP contribution in [-0.2, 0) is 4.79 Å². The summed E-state index contributed by atoms with van der Waals surface area (Å²) in [5, 5.41) is 0. The molecule has 1 amide bonds. The highest BCUT2D eigenvalue weighted by molar-refractivity contribution is 9.10. The van der Waals surface area contributed by atoms with Crippen molar-refractivity contribution >= 4 is 21.8 Å². The van der Waals surface area contributed by atoms with Gasteiger partial charge in [0.1, 0.15) is 0 Å². The topological polar surface area (TPSA) is 43.1 Å². The number of amides is 1. The molecule has 0 aromatic heterocycles. The zero-order valence-electron chi connectivity index (χ0n) is 5.85. The molecule has 0 aliphatic heterocycles. The van der Waals surface area contributed by atoms with Gasteiger partial charge >= 0.3 is 0 Å². The van der Waals surface area contributed by atoms with E-state index in [4.69, 9.17) is 5.73 Å². The first kappa shape index (κ1) is 8.05. The lowest BCUT2D eigenvalue weighted by Gasteiger charge is -2.11. The van der Waals surface area contributed by atoms with Crippen LogP contribution in [0.3, 0.4) is 0 Å².